The van der Waals surface area contributed by atoms with E-state index in [4.69, 9.17) is 16.1 Å². The number of carbonyl (C=O) groups is 1. The number of benzene rings is 2. The molecule has 1 amide bonds. The molecule has 29 heavy (non-hydrogen) atoms. The van der Waals surface area contributed by atoms with Gasteiger partial charge < -0.3 is 14.5 Å². The van der Waals surface area contributed by atoms with Gasteiger partial charge in [0, 0.05) is 25.2 Å². The van der Waals surface area contributed by atoms with Gasteiger partial charge in [0.15, 0.2) is 11.5 Å². The van der Waals surface area contributed by atoms with Crippen LogP contribution in [0, 0.1) is 0 Å². The van der Waals surface area contributed by atoms with E-state index in [-0.39, 0.29) is 28.8 Å². The summed E-state index contributed by atoms with van der Waals surface area (Å²) in [5.41, 5.74) is 0.00421. The summed E-state index contributed by atoms with van der Waals surface area (Å²) in [6.07, 6.45) is -4.46. The summed E-state index contributed by atoms with van der Waals surface area (Å²) in [7, 11) is 1.45. The molecule has 0 atom stereocenters. The van der Waals surface area contributed by atoms with Crippen LogP contribution in [0.3, 0.4) is 0 Å². The van der Waals surface area contributed by atoms with Crippen molar-refractivity contribution in [2.75, 3.05) is 7.05 Å². The molecule has 0 radical (unpaired) electrons. The molecule has 0 saturated heterocycles. The van der Waals surface area contributed by atoms with Crippen molar-refractivity contribution in [3.05, 3.63) is 68.8 Å². The van der Waals surface area contributed by atoms with Gasteiger partial charge in [-0.05, 0) is 45.8 Å². The lowest BCUT2D eigenvalue weighted by molar-refractivity contribution is -0.137. The summed E-state index contributed by atoms with van der Waals surface area (Å²) in [6, 6.07) is 9.13. The van der Waals surface area contributed by atoms with E-state index >= 15 is 0 Å². The second-order valence-electron chi connectivity index (χ2n) is 6.22. The Bertz CT molecular complexity index is 1050. The molecule has 0 unspecified atom stereocenters. The molecule has 1 heterocycles. The van der Waals surface area contributed by atoms with Crippen LogP contribution in [-0.4, -0.2) is 28.1 Å². The molecule has 5 nitrogen and oxygen atoms in total. The van der Waals surface area contributed by atoms with Crippen LogP contribution in [0.15, 0.2) is 51.5 Å². The summed E-state index contributed by atoms with van der Waals surface area (Å²) in [6.45, 7) is -0.0401. The summed E-state index contributed by atoms with van der Waals surface area (Å²) in [5, 5.41) is 13.5. The first-order chi connectivity index (χ1) is 13.6. The maximum absolute atomic E-state index is 12.8. The Morgan fingerprint density at radius 1 is 1.28 bits per heavy atom. The Kier molecular flexibility index (Phi) is 5.90. The third-order valence-electron chi connectivity index (χ3n) is 4.05. The molecule has 0 spiro atoms. The molecule has 0 bridgehead atoms. The number of nitrogens with zero attached hydrogens (tertiary/aromatic N) is 2. The number of phenolic OH excluding ortho intramolecular Hbond substituents is 1. The minimum Gasteiger partial charge on any atom is -0.505 e. The lowest BCUT2D eigenvalue weighted by Crippen LogP contribution is -2.26. The Morgan fingerprint density at radius 2 is 2.00 bits per heavy atom. The number of phenols is 1. The van der Waals surface area contributed by atoms with Gasteiger partial charge in [-0.15, -0.1) is 0 Å². The second kappa shape index (κ2) is 8.08. The smallest absolute Gasteiger partial charge is 0.416 e. The van der Waals surface area contributed by atoms with Crippen LogP contribution in [0.2, 0.25) is 5.02 Å². The van der Waals surface area contributed by atoms with Crippen LogP contribution in [0.1, 0.15) is 21.6 Å². The minimum atomic E-state index is -4.46. The fraction of sp³-hybridized carbons (Fsp3) is 0.158. The summed E-state index contributed by atoms with van der Waals surface area (Å²) in [4.78, 5) is 13.8. The van der Waals surface area contributed by atoms with Gasteiger partial charge in [0.25, 0.3) is 5.91 Å². The van der Waals surface area contributed by atoms with E-state index in [2.05, 4.69) is 21.1 Å². The van der Waals surface area contributed by atoms with Crippen LogP contribution < -0.4 is 0 Å². The molecule has 10 heteroatoms. The van der Waals surface area contributed by atoms with Crippen LogP contribution >= 0.6 is 27.5 Å². The van der Waals surface area contributed by atoms with E-state index in [0.717, 1.165) is 12.1 Å². The van der Waals surface area contributed by atoms with Crippen molar-refractivity contribution in [1.82, 2.24) is 10.1 Å². The fourth-order valence-corrected chi connectivity index (χ4v) is 3.40. The first-order valence-electron chi connectivity index (χ1n) is 8.13. The van der Waals surface area contributed by atoms with Crippen LogP contribution in [0.25, 0.3) is 11.3 Å². The standard InChI is InChI=1S/C19H13BrClF3N2O3/c1-26(9-10-3-2-4-12(5-10)19(22,23)24)18(28)15-8-16(29-25-15)11-6-13(20)17(27)14(21)7-11/h2-8,27H,9H2,1H3. The molecule has 0 saturated carbocycles. The Morgan fingerprint density at radius 3 is 2.66 bits per heavy atom. The predicted molar refractivity (Wildman–Crippen MR) is 104 cm³/mol. The lowest BCUT2D eigenvalue weighted by Gasteiger charge is -2.16. The van der Waals surface area contributed by atoms with Crippen molar-refractivity contribution in [1.29, 1.82) is 0 Å². The fourth-order valence-electron chi connectivity index (χ4n) is 2.61. The zero-order valence-corrected chi connectivity index (χ0v) is 17.1. The molecule has 0 aliphatic heterocycles. The second-order valence-corrected chi connectivity index (χ2v) is 7.49. The van der Waals surface area contributed by atoms with Crippen molar-refractivity contribution < 1.29 is 27.6 Å². The number of rotatable bonds is 4. The quantitative estimate of drug-likeness (QED) is 0.506. The van der Waals surface area contributed by atoms with Crippen LogP contribution in [0.5, 0.6) is 5.75 Å². The molecule has 152 valence electrons. The zero-order chi connectivity index (χ0) is 21.3. The van der Waals surface area contributed by atoms with Crippen molar-refractivity contribution in [3.63, 3.8) is 0 Å². The number of amides is 1. The molecule has 0 aliphatic rings. The number of aromatic nitrogens is 1. The molecule has 3 rings (SSSR count). The average Bonchev–Trinajstić information content (AvgIpc) is 3.14. The largest absolute Gasteiger partial charge is 0.505 e. The van der Waals surface area contributed by atoms with E-state index in [1.165, 1.54) is 36.2 Å². The highest BCUT2D eigenvalue weighted by Crippen LogP contribution is 2.37. The number of hydrogen-bond acceptors (Lipinski definition) is 4. The summed E-state index contributed by atoms with van der Waals surface area (Å²) >= 11 is 9.08. The van der Waals surface area contributed by atoms with Gasteiger partial charge in [-0.2, -0.15) is 13.2 Å². The number of carbonyl (C=O) groups excluding carboxylic acids is 1. The third-order valence-corrected chi connectivity index (χ3v) is 4.94. The normalized spacial score (nSPS) is 11.5. The Labute approximate surface area is 176 Å². The number of hydrogen-bond donors (Lipinski definition) is 1. The van der Waals surface area contributed by atoms with Crippen molar-refractivity contribution >= 4 is 33.4 Å². The maximum Gasteiger partial charge on any atom is 0.416 e. The number of halogens is 5. The topological polar surface area (TPSA) is 66.6 Å². The molecule has 0 aliphatic carbocycles. The highest BCUT2D eigenvalue weighted by Gasteiger charge is 2.30. The van der Waals surface area contributed by atoms with E-state index in [0.29, 0.717) is 15.6 Å². The highest BCUT2D eigenvalue weighted by atomic mass is 79.9. The summed E-state index contributed by atoms with van der Waals surface area (Å²) in [5.74, 6) is -0.420. The molecule has 0 fully saturated rings. The number of aromatic hydroxyl groups is 1. The SMILES string of the molecule is CN(Cc1cccc(C(F)(F)F)c1)C(=O)c1cc(-c2cc(Cl)c(O)c(Br)c2)on1. The maximum atomic E-state index is 12.8. The van der Waals surface area contributed by atoms with Gasteiger partial charge in [-0.1, -0.05) is 28.9 Å². The van der Waals surface area contributed by atoms with Gasteiger partial charge in [0.1, 0.15) is 5.75 Å². The average molecular weight is 490 g/mol. The van der Waals surface area contributed by atoms with Gasteiger partial charge in [-0.25, -0.2) is 0 Å². The zero-order valence-electron chi connectivity index (χ0n) is 14.8. The van der Waals surface area contributed by atoms with E-state index in [1.54, 1.807) is 6.07 Å². The van der Waals surface area contributed by atoms with Crippen molar-refractivity contribution in [3.8, 4) is 17.1 Å². The lowest BCUT2D eigenvalue weighted by atomic mass is 10.1. The summed E-state index contributed by atoms with van der Waals surface area (Å²) < 4.78 is 44.0. The monoisotopic (exact) mass is 488 g/mol. The van der Waals surface area contributed by atoms with Gasteiger partial charge >= 0.3 is 6.18 Å². The molecule has 1 aromatic heterocycles. The first kappa shape index (κ1) is 21.2. The van der Waals surface area contributed by atoms with E-state index in [9.17, 15) is 23.1 Å². The first-order valence-corrected chi connectivity index (χ1v) is 9.30. The van der Waals surface area contributed by atoms with Crippen molar-refractivity contribution in [2.45, 2.75) is 12.7 Å². The molecule has 3 aromatic rings. The molecular formula is C19H13BrClF3N2O3. The Hall–Kier alpha value is -2.52. The molecular weight excluding hydrogens is 477 g/mol. The van der Waals surface area contributed by atoms with E-state index in [1.807, 2.05) is 0 Å². The van der Waals surface area contributed by atoms with Crippen molar-refractivity contribution in [2.24, 2.45) is 0 Å². The van der Waals surface area contributed by atoms with Crippen LogP contribution in [-0.2, 0) is 12.7 Å². The Balaban J connectivity index is 1.78. The minimum absolute atomic E-state index is 0.0187. The van der Waals surface area contributed by atoms with Gasteiger partial charge in [-0.3, -0.25) is 4.79 Å². The van der Waals surface area contributed by atoms with Gasteiger partial charge in [0.2, 0.25) is 0 Å². The number of alkyl halides is 3. The molecule has 1 N–H and O–H groups in total. The van der Waals surface area contributed by atoms with E-state index < -0.39 is 17.6 Å². The van der Waals surface area contributed by atoms with Crippen LogP contribution in [0.4, 0.5) is 13.2 Å². The third kappa shape index (κ3) is 4.73. The van der Waals surface area contributed by atoms with Gasteiger partial charge in [0.05, 0.1) is 15.1 Å². The predicted octanol–water partition coefficient (Wildman–Crippen LogP) is 5.75. The highest BCUT2D eigenvalue weighted by molar-refractivity contribution is 9.10. The molecule has 2 aromatic carbocycles.